The second kappa shape index (κ2) is 8.55. The maximum Gasteiger partial charge on any atom is 0.244 e. The summed E-state index contributed by atoms with van der Waals surface area (Å²) in [5.74, 6) is 1.57. The normalized spacial score (nSPS) is 12.4. The lowest BCUT2D eigenvalue weighted by Gasteiger charge is -2.20. The largest absolute Gasteiger partial charge is 0.497 e. The van der Waals surface area contributed by atoms with E-state index in [1.807, 2.05) is 29.6 Å². The average molecular weight is 345 g/mol. The summed E-state index contributed by atoms with van der Waals surface area (Å²) in [4.78, 5) is 13.4. The Balaban J connectivity index is 2.09. The van der Waals surface area contributed by atoms with Crippen molar-refractivity contribution >= 4 is 23.3 Å². The number of carbonyl (C=O) groups excluding carboxylic acids is 1. The van der Waals surface area contributed by atoms with Gasteiger partial charge in [0.2, 0.25) is 5.91 Å². The van der Waals surface area contributed by atoms with E-state index in [4.69, 9.17) is 9.47 Å². The molecule has 0 bridgehead atoms. The van der Waals surface area contributed by atoms with Gasteiger partial charge in [-0.05, 0) is 41.1 Å². The molecule has 0 fully saturated rings. The number of ether oxygens (including phenoxy) is 2. The summed E-state index contributed by atoms with van der Waals surface area (Å²) in [7, 11) is 3.20. The number of hydrogen-bond acceptors (Lipinski definition) is 4. The van der Waals surface area contributed by atoms with E-state index in [0.29, 0.717) is 17.4 Å². The van der Waals surface area contributed by atoms with Crippen LogP contribution in [-0.2, 0) is 4.79 Å². The average Bonchev–Trinajstić information content (AvgIpc) is 3.11. The van der Waals surface area contributed by atoms with Crippen molar-refractivity contribution in [1.82, 2.24) is 5.32 Å². The molecule has 1 aromatic heterocycles. The van der Waals surface area contributed by atoms with Gasteiger partial charge in [-0.3, -0.25) is 4.79 Å². The molecule has 0 aliphatic rings. The van der Waals surface area contributed by atoms with Crippen LogP contribution in [0.2, 0.25) is 0 Å². The van der Waals surface area contributed by atoms with Gasteiger partial charge in [0.15, 0.2) is 0 Å². The molecule has 2 aromatic rings. The molecule has 1 atom stereocenters. The topological polar surface area (TPSA) is 47.6 Å². The van der Waals surface area contributed by atoms with Crippen LogP contribution in [0.25, 0.3) is 6.08 Å². The van der Waals surface area contributed by atoms with Crippen LogP contribution in [0.4, 0.5) is 0 Å². The highest BCUT2D eigenvalue weighted by Gasteiger charge is 2.18. The molecule has 0 aliphatic heterocycles. The molecule has 5 heteroatoms. The number of hydrogen-bond donors (Lipinski definition) is 1. The molecule has 24 heavy (non-hydrogen) atoms. The van der Waals surface area contributed by atoms with E-state index in [1.54, 1.807) is 37.7 Å². The van der Waals surface area contributed by atoms with Gasteiger partial charge >= 0.3 is 0 Å². The fourth-order valence-electron chi connectivity index (χ4n) is 2.33. The molecule has 2 rings (SSSR count). The minimum absolute atomic E-state index is 0.0157. The van der Waals surface area contributed by atoms with E-state index in [2.05, 4.69) is 19.2 Å². The molecule has 0 saturated carbocycles. The summed E-state index contributed by atoms with van der Waals surface area (Å²) in [6.45, 7) is 4.20. The fourth-order valence-corrected chi connectivity index (χ4v) is 3.28. The van der Waals surface area contributed by atoms with Crippen molar-refractivity contribution < 1.29 is 14.3 Å². The summed E-state index contributed by atoms with van der Waals surface area (Å²) in [5, 5.41) is 5.09. The molecule has 1 N–H and O–H groups in total. The maximum absolute atomic E-state index is 12.3. The zero-order chi connectivity index (χ0) is 17.5. The molecule has 0 spiro atoms. The minimum atomic E-state index is -0.121. The maximum atomic E-state index is 12.3. The van der Waals surface area contributed by atoms with Crippen molar-refractivity contribution in [2.45, 2.75) is 19.9 Å². The zero-order valence-corrected chi connectivity index (χ0v) is 15.2. The van der Waals surface area contributed by atoms with E-state index in [9.17, 15) is 4.79 Å². The molecule has 1 heterocycles. The quantitative estimate of drug-likeness (QED) is 0.762. The Morgan fingerprint density at radius 1 is 1.17 bits per heavy atom. The number of carbonyl (C=O) groups is 1. The van der Waals surface area contributed by atoms with E-state index >= 15 is 0 Å². The van der Waals surface area contributed by atoms with Gasteiger partial charge in [-0.15, -0.1) is 11.3 Å². The van der Waals surface area contributed by atoms with Gasteiger partial charge in [-0.1, -0.05) is 19.9 Å². The van der Waals surface area contributed by atoms with Crippen molar-refractivity contribution in [2.24, 2.45) is 5.92 Å². The smallest absolute Gasteiger partial charge is 0.244 e. The van der Waals surface area contributed by atoms with Crippen molar-refractivity contribution in [3.63, 3.8) is 0 Å². The molecule has 1 aromatic carbocycles. The predicted molar refractivity (Wildman–Crippen MR) is 98.6 cm³/mol. The van der Waals surface area contributed by atoms with Crippen molar-refractivity contribution in [3.05, 3.63) is 52.2 Å². The Kier molecular flexibility index (Phi) is 6.44. The molecular formula is C19H23NO3S. The van der Waals surface area contributed by atoms with Gasteiger partial charge in [0.25, 0.3) is 0 Å². The van der Waals surface area contributed by atoms with Gasteiger partial charge in [0, 0.05) is 17.0 Å². The summed E-state index contributed by atoms with van der Waals surface area (Å²) < 4.78 is 10.5. The molecule has 128 valence electrons. The summed E-state index contributed by atoms with van der Waals surface area (Å²) >= 11 is 1.65. The zero-order valence-electron chi connectivity index (χ0n) is 14.4. The molecule has 0 aliphatic carbocycles. The van der Waals surface area contributed by atoms with Crippen LogP contribution < -0.4 is 14.8 Å². The first-order valence-corrected chi connectivity index (χ1v) is 8.66. The molecule has 0 unspecified atom stereocenters. The number of methoxy groups -OCH3 is 2. The van der Waals surface area contributed by atoms with Crippen LogP contribution in [-0.4, -0.2) is 20.1 Å². The highest BCUT2D eigenvalue weighted by atomic mass is 32.1. The highest BCUT2D eigenvalue weighted by Crippen LogP contribution is 2.26. The Morgan fingerprint density at radius 3 is 2.33 bits per heavy atom. The van der Waals surface area contributed by atoms with Crippen LogP contribution in [0.15, 0.2) is 41.8 Å². The third kappa shape index (κ3) is 4.86. The summed E-state index contributed by atoms with van der Waals surface area (Å²) in [6, 6.07) is 9.56. The standard InChI is InChI=1S/C19H23NO3S/c1-13(2)19(17-6-5-9-24-17)20-18(21)8-7-14-10-15(22-3)12-16(11-14)23-4/h5-13,19H,1-4H3,(H,20,21)/b8-7+/t19-/m0/s1. The monoisotopic (exact) mass is 345 g/mol. The number of rotatable bonds is 7. The van der Waals surface area contributed by atoms with E-state index in [1.165, 1.54) is 6.08 Å². The van der Waals surface area contributed by atoms with E-state index in [0.717, 1.165) is 10.4 Å². The van der Waals surface area contributed by atoms with Crippen LogP contribution in [0.1, 0.15) is 30.3 Å². The first-order valence-electron chi connectivity index (χ1n) is 7.78. The molecule has 1 amide bonds. The van der Waals surface area contributed by atoms with Crippen molar-refractivity contribution in [2.75, 3.05) is 14.2 Å². The van der Waals surface area contributed by atoms with Crippen LogP contribution in [0.5, 0.6) is 11.5 Å². The molecular weight excluding hydrogens is 322 g/mol. The lowest BCUT2D eigenvalue weighted by Crippen LogP contribution is -2.29. The van der Waals surface area contributed by atoms with Gasteiger partial charge in [-0.2, -0.15) is 0 Å². The highest BCUT2D eigenvalue weighted by molar-refractivity contribution is 7.10. The number of thiophene rings is 1. The van der Waals surface area contributed by atoms with Crippen molar-refractivity contribution in [1.29, 1.82) is 0 Å². The Hall–Kier alpha value is -2.27. The first kappa shape index (κ1) is 18.1. The second-order valence-electron chi connectivity index (χ2n) is 5.73. The SMILES string of the molecule is COc1cc(/C=C/C(=O)N[C@H](c2cccs2)C(C)C)cc(OC)c1. The van der Waals surface area contributed by atoms with Crippen molar-refractivity contribution in [3.8, 4) is 11.5 Å². The van der Waals surface area contributed by atoms with E-state index < -0.39 is 0 Å². The molecule has 0 radical (unpaired) electrons. The van der Waals surface area contributed by atoms with Gasteiger partial charge in [0.1, 0.15) is 11.5 Å². The third-order valence-corrected chi connectivity index (χ3v) is 4.57. The number of amides is 1. The lowest BCUT2D eigenvalue weighted by atomic mass is 10.0. The fraction of sp³-hybridized carbons (Fsp3) is 0.316. The van der Waals surface area contributed by atoms with Gasteiger partial charge in [-0.25, -0.2) is 0 Å². The second-order valence-corrected chi connectivity index (χ2v) is 6.70. The summed E-state index contributed by atoms with van der Waals surface area (Å²) in [6.07, 6.45) is 3.30. The lowest BCUT2D eigenvalue weighted by molar-refractivity contribution is -0.117. The van der Waals surface area contributed by atoms with Gasteiger partial charge < -0.3 is 14.8 Å². The minimum Gasteiger partial charge on any atom is -0.497 e. The number of nitrogens with one attached hydrogen (secondary N) is 1. The Labute approximate surface area is 147 Å². The predicted octanol–water partition coefficient (Wildman–Crippen LogP) is 4.29. The Bertz CT molecular complexity index is 670. The third-order valence-electron chi connectivity index (χ3n) is 3.62. The number of benzene rings is 1. The first-order chi connectivity index (χ1) is 11.5. The molecule has 4 nitrogen and oxygen atoms in total. The van der Waals surface area contributed by atoms with Crippen LogP contribution >= 0.6 is 11.3 Å². The Morgan fingerprint density at radius 2 is 1.83 bits per heavy atom. The van der Waals surface area contributed by atoms with Gasteiger partial charge in [0.05, 0.1) is 20.3 Å². The van der Waals surface area contributed by atoms with E-state index in [-0.39, 0.29) is 11.9 Å². The summed E-state index contributed by atoms with van der Waals surface area (Å²) in [5.41, 5.74) is 0.846. The van der Waals surface area contributed by atoms with Crippen LogP contribution in [0.3, 0.4) is 0 Å². The van der Waals surface area contributed by atoms with Crippen LogP contribution in [0, 0.1) is 5.92 Å². The molecule has 0 saturated heterocycles.